The fraction of sp³-hybridized carbons (Fsp3) is 0.889. The van der Waals surface area contributed by atoms with Gasteiger partial charge < -0.3 is 20.9 Å². The zero-order valence-corrected chi connectivity index (χ0v) is 8.82. The molecule has 14 heavy (non-hydrogen) atoms. The van der Waals surface area contributed by atoms with Crippen LogP contribution in [0.5, 0.6) is 0 Å². The summed E-state index contributed by atoms with van der Waals surface area (Å²) in [5.41, 5.74) is 5.19. The Kier molecular flexibility index (Phi) is 7.37. The largest absolute Gasteiger partial charge is 0.394 e. The average Bonchev–Trinajstić information content (AvgIpc) is 2.14. The first kappa shape index (κ1) is 13.4. The molecule has 0 radical (unpaired) electrons. The number of aliphatic hydroxyl groups is 1. The molecule has 5 heteroatoms. The molecule has 0 aromatic heterocycles. The second-order valence-corrected chi connectivity index (χ2v) is 3.44. The molecule has 0 aromatic carbocycles. The number of nitrogens with two attached hydrogens (primary N) is 1. The van der Waals surface area contributed by atoms with Crippen molar-refractivity contribution in [3.63, 3.8) is 0 Å². The monoisotopic (exact) mass is 204 g/mol. The van der Waals surface area contributed by atoms with Crippen molar-refractivity contribution in [2.75, 3.05) is 26.4 Å². The third-order valence-electron chi connectivity index (χ3n) is 1.84. The van der Waals surface area contributed by atoms with Gasteiger partial charge in [0.1, 0.15) is 6.61 Å². The second kappa shape index (κ2) is 7.73. The van der Waals surface area contributed by atoms with Crippen LogP contribution in [0.1, 0.15) is 13.8 Å². The highest BCUT2D eigenvalue weighted by Crippen LogP contribution is 1.99. The Morgan fingerprint density at radius 3 is 2.64 bits per heavy atom. The Labute approximate surface area is 84.6 Å². The van der Waals surface area contributed by atoms with Crippen LogP contribution >= 0.6 is 0 Å². The van der Waals surface area contributed by atoms with Gasteiger partial charge in [0.25, 0.3) is 0 Å². The van der Waals surface area contributed by atoms with E-state index in [0.29, 0.717) is 13.2 Å². The van der Waals surface area contributed by atoms with Crippen LogP contribution < -0.4 is 11.1 Å². The molecule has 0 aliphatic rings. The smallest absolute Gasteiger partial charge is 0.246 e. The van der Waals surface area contributed by atoms with Crippen LogP contribution in [-0.4, -0.2) is 43.4 Å². The molecular weight excluding hydrogens is 184 g/mol. The van der Waals surface area contributed by atoms with Crippen molar-refractivity contribution in [3.05, 3.63) is 0 Å². The molecule has 0 saturated heterocycles. The molecule has 0 spiro atoms. The predicted octanol–water partition coefficient (Wildman–Crippen LogP) is -0.905. The average molecular weight is 204 g/mol. The summed E-state index contributed by atoms with van der Waals surface area (Å²) in [5, 5.41) is 11.6. The fourth-order valence-corrected chi connectivity index (χ4v) is 0.920. The zero-order chi connectivity index (χ0) is 11.0. The van der Waals surface area contributed by atoms with Crippen molar-refractivity contribution >= 4 is 5.91 Å². The molecule has 4 N–H and O–H groups in total. The summed E-state index contributed by atoms with van der Waals surface area (Å²) in [7, 11) is 0. The third kappa shape index (κ3) is 5.90. The minimum absolute atomic E-state index is 0.000417. The highest BCUT2D eigenvalue weighted by Gasteiger charge is 2.14. The number of amides is 1. The number of carbonyl (C=O) groups excluding carboxylic acids is 1. The molecule has 84 valence electrons. The molecule has 0 bridgehead atoms. The van der Waals surface area contributed by atoms with E-state index < -0.39 is 0 Å². The normalized spacial score (nSPS) is 12.9. The van der Waals surface area contributed by atoms with Crippen LogP contribution in [0.3, 0.4) is 0 Å². The topological polar surface area (TPSA) is 84.6 Å². The summed E-state index contributed by atoms with van der Waals surface area (Å²) in [5.74, 6) is -0.00958. The van der Waals surface area contributed by atoms with Crippen molar-refractivity contribution in [2.45, 2.75) is 19.9 Å². The van der Waals surface area contributed by atoms with Crippen molar-refractivity contribution in [1.82, 2.24) is 5.32 Å². The molecule has 1 amide bonds. The first-order valence-electron chi connectivity index (χ1n) is 4.79. The molecule has 1 atom stereocenters. The summed E-state index contributed by atoms with van der Waals surface area (Å²) >= 11 is 0. The number of ether oxygens (including phenoxy) is 1. The molecule has 0 aromatic rings. The van der Waals surface area contributed by atoms with Gasteiger partial charge in [-0.15, -0.1) is 0 Å². The van der Waals surface area contributed by atoms with E-state index in [0.717, 1.165) is 0 Å². The molecule has 0 fully saturated rings. The van der Waals surface area contributed by atoms with Crippen molar-refractivity contribution < 1.29 is 14.6 Å². The number of aliphatic hydroxyl groups excluding tert-OH is 1. The summed E-state index contributed by atoms with van der Waals surface area (Å²) in [6.45, 7) is 4.59. The summed E-state index contributed by atoms with van der Waals surface area (Å²) in [6.07, 6.45) is 0. The van der Waals surface area contributed by atoms with Gasteiger partial charge in [0.2, 0.25) is 5.91 Å². The third-order valence-corrected chi connectivity index (χ3v) is 1.84. The zero-order valence-electron chi connectivity index (χ0n) is 8.82. The van der Waals surface area contributed by atoms with E-state index in [4.69, 9.17) is 15.6 Å². The van der Waals surface area contributed by atoms with Gasteiger partial charge in [0, 0.05) is 6.54 Å². The Morgan fingerprint density at radius 2 is 2.21 bits per heavy atom. The van der Waals surface area contributed by atoms with Crippen LogP contribution in [0.25, 0.3) is 0 Å². The second-order valence-electron chi connectivity index (χ2n) is 3.44. The van der Waals surface area contributed by atoms with Crippen LogP contribution in [-0.2, 0) is 9.53 Å². The van der Waals surface area contributed by atoms with Crippen LogP contribution in [0, 0.1) is 5.92 Å². The lowest BCUT2D eigenvalue weighted by molar-refractivity contribution is -0.127. The van der Waals surface area contributed by atoms with Gasteiger partial charge in [-0.3, -0.25) is 4.79 Å². The molecule has 0 unspecified atom stereocenters. The van der Waals surface area contributed by atoms with Crippen LogP contribution in [0.2, 0.25) is 0 Å². The molecule has 0 rings (SSSR count). The van der Waals surface area contributed by atoms with E-state index in [1.807, 2.05) is 13.8 Å². The van der Waals surface area contributed by atoms with Gasteiger partial charge in [0.15, 0.2) is 0 Å². The van der Waals surface area contributed by atoms with Crippen LogP contribution in [0.4, 0.5) is 0 Å². The standard InChI is InChI=1S/C9H20N2O3/c1-7(2)8(5-12)11-9(13)6-14-4-3-10/h7-8,12H,3-6,10H2,1-2H3,(H,11,13)/t8-/m1/s1. The van der Waals surface area contributed by atoms with Gasteiger partial charge >= 0.3 is 0 Å². The van der Waals surface area contributed by atoms with E-state index >= 15 is 0 Å². The maximum atomic E-state index is 11.2. The Hall–Kier alpha value is -0.650. The Balaban J connectivity index is 3.68. The molecule has 5 nitrogen and oxygen atoms in total. The van der Waals surface area contributed by atoms with Gasteiger partial charge in [-0.2, -0.15) is 0 Å². The maximum absolute atomic E-state index is 11.2. The molecule has 0 aliphatic heterocycles. The summed E-state index contributed by atoms with van der Waals surface area (Å²) in [6, 6.07) is -0.205. The minimum atomic E-state index is -0.216. The van der Waals surface area contributed by atoms with E-state index in [9.17, 15) is 4.79 Å². The predicted molar refractivity (Wildman–Crippen MR) is 53.7 cm³/mol. The fourth-order valence-electron chi connectivity index (χ4n) is 0.920. The highest BCUT2D eigenvalue weighted by molar-refractivity contribution is 5.77. The quantitative estimate of drug-likeness (QED) is 0.469. The lowest BCUT2D eigenvalue weighted by atomic mass is 10.1. The van der Waals surface area contributed by atoms with Gasteiger partial charge in [-0.05, 0) is 5.92 Å². The van der Waals surface area contributed by atoms with Crippen molar-refractivity contribution in [3.8, 4) is 0 Å². The molecular formula is C9H20N2O3. The van der Waals surface area contributed by atoms with E-state index in [1.54, 1.807) is 0 Å². The number of hydrogen-bond donors (Lipinski definition) is 3. The SMILES string of the molecule is CC(C)[C@@H](CO)NC(=O)COCCN. The van der Waals surface area contributed by atoms with Gasteiger partial charge in [-0.25, -0.2) is 0 Å². The van der Waals surface area contributed by atoms with Gasteiger partial charge in [-0.1, -0.05) is 13.8 Å². The molecule has 0 heterocycles. The molecule has 0 aliphatic carbocycles. The number of hydrogen-bond acceptors (Lipinski definition) is 4. The summed E-state index contributed by atoms with van der Waals surface area (Å²) < 4.78 is 4.95. The maximum Gasteiger partial charge on any atom is 0.246 e. The van der Waals surface area contributed by atoms with Crippen LogP contribution in [0.15, 0.2) is 0 Å². The van der Waals surface area contributed by atoms with E-state index in [-0.39, 0.29) is 31.1 Å². The number of carbonyl (C=O) groups is 1. The first-order chi connectivity index (χ1) is 6.61. The van der Waals surface area contributed by atoms with Gasteiger partial charge in [0.05, 0.1) is 19.3 Å². The molecule has 0 saturated carbocycles. The Bertz CT molecular complexity index is 162. The lowest BCUT2D eigenvalue weighted by Gasteiger charge is -2.19. The first-order valence-corrected chi connectivity index (χ1v) is 4.79. The van der Waals surface area contributed by atoms with Crippen molar-refractivity contribution in [1.29, 1.82) is 0 Å². The highest BCUT2D eigenvalue weighted by atomic mass is 16.5. The van der Waals surface area contributed by atoms with Crippen molar-refractivity contribution in [2.24, 2.45) is 11.7 Å². The summed E-state index contributed by atoms with van der Waals surface area (Å²) in [4.78, 5) is 11.2. The van der Waals surface area contributed by atoms with E-state index in [2.05, 4.69) is 5.32 Å². The lowest BCUT2D eigenvalue weighted by Crippen LogP contribution is -2.42. The Morgan fingerprint density at radius 1 is 1.57 bits per heavy atom. The number of nitrogens with one attached hydrogen (secondary N) is 1. The minimum Gasteiger partial charge on any atom is -0.394 e. The van der Waals surface area contributed by atoms with E-state index in [1.165, 1.54) is 0 Å². The number of rotatable bonds is 7.